The molecular formula is C15H22O2. The number of benzene rings is 1. The molecule has 0 spiro atoms. The van der Waals surface area contributed by atoms with Crippen LogP contribution in [-0.4, -0.2) is 11.7 Å². The summed E-state index contributed by atoms with van der Waals surface area (Å²) >= 11 is 0. The van der Waals surface area contributed by atoms with E-state index in [1.165, 1.54) is 38.5 Å². The third kappa shape index (κ3) is 3.95. The molecule has 0 radical (unpaired) electrons. The van der Waals surface area contributed by atoms with Crippen LogP contribution in [0, 0.1) is 5.92 Å². The number of phenolic OH excluding ortho intramolecular Hbond substituents is 1. The van der Waals surface area contributed by atoms with Crippen LogP contribution in [0.15, 0.2) is 24.3 Å². The lowest BCUT2D eigenvalue weighted by molar-refractivity contribution is 0.261. The van der Waals surface area contributed by atoms with Crippen LogP contribution in [0.4, 0.5) is 0 Å². The normalized spacial score (nSPS) is 16.9. The van der Waals surface area contributed by atoms with Gasteiger partial charge in [0, 0.05) is 0 Å². The molecule has 17 heavy (non-hydrogen) atoms. The van der Waals surface area contributed by atoms with E-state index in [0.29, 0.717) is 12.4 Å². The zero-order valence-electron chi connectivity index (χ0n) is 10.4. The number of aromatic hydroxyl groups is 1. The van der Waals surface area contributed by atoms with Crippen molar-refractivity contribution >= 4 is 0 Å². The molecular weight excluding hydrogens is 212 g/mol. The highest BCUT2D eigenvalue weighted by molar-refractivity contribution is 5.37. The van der Waals surface area contributed by atoms with Gasteiger partial charge >= 0.3 is 0 Å². The van der Waals surface area contributed by atoms with Crippen LogP contribution in [0.5, 0.6) is 11.5 Å². The van der Waals surface area contributed by atoms with Gasteiger partial charge in [-0.3, -0.25) is 0 Å². The second-order valence-electron chi connectivity index (χ2n) is 4.96. The van der Waals surface area contributed by atoms with Gasteiger partial charge in [0.05, 0.1) is 6.61 Å². The van der Waals surface area contributed by atoms with E-state index in [9.17, 15) is 5.11 Å². The molecule has 1 aromatic carbocycles. The lowest BCUT2D eigenvalue weighted by atomic mass is 9.86. The van der Waals surface area contributed by atoms with Crippen LogP contribution in [0.3, 0.4) is 0 Å². The van der Waals surface area contributed by atoms with Gasteiger partial charge in [0.25, 0.3) is 0 Å². The molecule has 1 aliphatic rings. The first-order valence-electron chi connectivity index (χ1n) is 6.77. The van der Waals surface area contributed by atoms with E-state index < -0.39 is 0 Å². The van der Waals surface area contributed by atoms with Crippen molar-refractivity contribution in [3.05, 3.63) is 24.3 Å². The molecule has 1 N–H and O–H groups in total. The minimum absolute atomic E-state index is 0.241. The zero-order chi connectivity index (χ0) is 11.9. The zero-order valence-corrected chi connectivity index (χ0v) is 10.4. The summed E-state index contributed by atoms with van der Waals surface area (Å²) in [5.41, 5.74) is 0. The Balaban J connectivity index is 1.64. The van der Waals surface area contributed by atoms with Gasteiger partial charge < -0.3 is 9.84 Å². The predicted octanol–water partition coefficient (Wildman–Crippen LogP) is 4.13. The minimum atomic E-state index is 0.241. The molecule has 2 nitrogen and oxygen atoms in total. The highest BCUT2D eigenvalue weighted by Gasteiger charge is 2.12. The summed E-state index contributed by atoms with van der Waals surface area (Å²) in [5.74, 6) is 1.76. The van der Waals surface area contributed by atoms with E-state index in [-0.39, 0.29) is 5.75 Å². The van der Waals surface area contributed by atoms with E-state index in [1.54, 1.807) is 6.07 Å². The number of phenols is 1. The van der Waals surface area contributed by atoms with Gasteiger partial charge in [0.1, 0.15) is 0 Å². The maximum atomic E-state index is 9.53. The monoisotopic (exact) mass is 234 g/mol. The quantitative estimate of drug-likeness (QED) is 0.776. The first-order chi connectivity index (χ1) is 8.36. The smallest absolute Gasteiger partial charge is 0.160 e. The van der Waals surface area contributed by atoms with Crippen LogP contribution in [-0.2, 0) is 0 Å². The van der Waals surface area contributed by atoms with Crippen molar-refractivity contribution in [2.75, 3.05) is 6.61 Å². The van der Waals surface area contributed by atoms with Crippen LogP contribution in [0.2, 0.25) is 0 Å². The van der Waals surface area contributed by atoms with Gasteiger partial charge in [-0.15, -0.1) is 0 Å². The fraction of sp³-hybridized carbons (Fsp3) is 0.600. The van der Waals surface area contributed by atoms with Crippen LogP contribution in [0.25, 0.3) is 0 Å². The standard InChI is InChI=1S/C15H22O2/c16-14-10-4-5-11-15(14)17-12-6-9-13-7-2-1-3-8-13/h4-5,10-11,13,16H,1-3,6-9,12H2. The second-order valence-corrected chi connectivity index (χ2v) is 4.96. The molecule has 1 fully saturated rings. The number of rotatable bonds is 5. The van der Waals surface area contributed by atoms with Gasteiger partial charge in [0.2, 0.25) is 0 Å². The molecule has 0 aliphatic heterocycles. The fourth-order valence-corrected chi connectivity index (χ4v) is 2.61. The van der Waals surface area contributed by atoms with E-state index >= 15 is 0 Å². The lowest BCUT2D eigenvalue weighted by Crippen LogP contribution is -2.08. The molecule has 0 unspecified atom stereocenters. The molecule has 1 aliphatic carbocycles. The predicted molar refractivity (Wildman–Crippen MR) is 69.4 cm³/mol. The molecule has 1 saturated carbocycles. The molecule has 94 valence electrons. The minimum Gasteiger partial charge on any atom is -0.504 e. The first kappa shape index (κ1) is 12.3. The Morgan fingerprint density at radius 1 is 1.12 bits per heavy atom. The topological polar surface area (TPSA) is 29.5 Å². The molecule has 2 rings (SSSR count). The van der Waals surface area contributed by atoms with Gasteiger partial charge in [-0.25, -0.2) is 0 Å². The van der Waals surface area contributed by atoms with Crippen molar-refractivity contribution < 1.29 is 9.84 Å². The third-order valence-corrected chi connectivity index (χ3v) is 3.60. The highest BCUT2D eigenvalue weighted by atomic mass is 16.5. The number of hydrogen-bond acceptors (Lipinski definition) is 2. The summed E-state index contributed by atoms with van der Waals surface area (Å²) in [6.07, 6.45) is 9.40. The van der Waals surface area contributed by atoms with E-state index in [4.69, 9.17) is 4.74 Å². The number of para-hydroxylation sites is 2. The molecule has 0 aromatic heterocycles. The average Bonchev–Trinajstić information content (AvgIpc) is 2.38. The number of ether oxygens (including phenoxy) is 1. The Kier molecular flexibility index (Phi) is 4.72. The van der Waals surface area contributed by atoms with Crippen molar-refractivity contribution in [2.45, 2.75) is 44.9 Å². The average molecular weight is 234 g/mol. The Bertz CT molecular complexity index is 329. The number of hydrogen-bond donors (Lipinski definition) is 1. The third-order valence-electron chi connectivity index (χ3n) is 3.60. The molecule has 1 aromatic rings. The van der Waals surface area contributed by atoms with E-state index in [1.807, 2.05) is 18.2 Å². The van der Waals surface area contributed by atoms with E-state index in [2.05, 4.69) is 0 Å². The molecule has 0 heterocycles. The Labute approximate surface area is 104 Å². The molecule has 0 amide bonds. The summed E-state index contributed by atoms with van der Waals surface area (Å²) in [4.78, 5) is 0. The molecule has 0 saturated heterocycles. The van der Waals surface area contributed by atoms with Gasteiger partial charge in [0.15, 0.2) is 11.5 Å². The molecule has 2 heteroatoms. The van der Waals surface area contributed by atoms with Crippen molar-refractivity contribution in [2.24, 2.45) is 5.92 Å². The summed E-state index contributed by atoms with van der Waals surface area (Å²) < 4.78 is 5.58. The maximum Gasteiger partial charge on any atom is 0.160 e. The Hall–Kier alpha value is -1.18. The molecule has 0 atom stereocenters. The Morgan fingerprint density at radius 2 is 1.88 bits per heavy atom. The van der Waals surface area contributed by atoms with Gasteiger partial charge in [-0.2, -0.15) is 0 Å². The Morgan fingerprint density at radius 3 is 2.65 bits per heavy atom. The summed E-state index contributed by atoms with van der Waals surface area (Å²) in [6, 6.07) is 7.17. The second kappa shape index (κ2) is 6.53. The SMILES string of the molecule is Oc1ccccc1OCCCC1CCCCC1. The van der Waals surface area contributed by atoms with Crippen LogP contribution in [0.1, 0.15) is 44.9 Å². The van der Waals surface area contributed by atoms with Crippen LogP contribution < -0.4 is 4.74 Å². The van der Waals surface area contributed by atoms with Gasteiger partial charge in [-0.1, -0.05) is 44.2 Å². The first-order valence-corrected chi connectivity index (χ1v) is 6.77. The molecule has 0 bridgehead atoms. The van der Waals surface area contributed by atoms with E-state index in [0.717, 1.165) is 12.3 Å². The van der Waals surface area contributed by atoms with Crippen LogP contribution >= 0.6 is 0 Å². The van der Waals surface area contributed by atoms with Crippen molar-refractivity contribution in [1.82, 2.24) is 0 Å². The van der Waals surface area contributed by atoms with Gasteiger partial charge in [-0.05, 0) is 30.9 Å². The van der Waals surface area contributed by atoms with Crippen molar-refractivity contribution in [3.8, 4) is 11.5 Å². The highest BCUT2D eigenvalue weighted by Crippen LogP contribution is 2.28. The summed E-state index contributed by atoms with van der Waals surface area (Å²) in [7, 11) is 0. The largest absolute Gasteiger partial charge is 0.504 e. The fourth-order valence-electron chi connectivity index (χ4n) is 2.61. The lowest BCUT2D eigenvalue weighted by Gasteiger charge is -2.21. The van der Waals surface area contributed by atoms with Crippen molar-refractivity contribution in [3.63, 3.8) is 0 Å². The summed E-state index contributed by atoms with van der Waals surface area (Å²) in [6.45, 7) is 0.716. The summed E-state index contributed by atoms with van der Waals surface area (Å²) in [5, 5.41) is 9.53. The van der Waals surface area contributed by atoms with Crippen molar-refractivity contribution in [1.29, 1.82) is 0 Å². The maximum absolute atomic E-state index is 9.53.